The van der Waals surface area contributed by atoms with Gasteiger partial charge in [0.1, 0.15) is 0 Å². The van der Waals surface area contributed by atoms with Gasteiger partial charge in [0.15, 0.2) is 5.52 Å². The maximum absolute atomic E-state index is 13.4. The van der Waals surface area contributed by atoms with Crippen molar-refractivity contribution in [2.45, 2.75) is 18.8 Å². The number of aromatic nitrogens is 3. The highest BCUT2D eigenvalue weighted by Crippen LogP contribution is 2.36. The van der Waals surface area contributed by atoms with E-state index in [1.54, 1.807) is 19.3 Å². The minimum atomic E-state index is -2.69. The lowest BCUT2D eigenvalue weighted by molar-refractivity contribution is -0.0493. The third-order valence-corrected chi connectivity index (χ3v) is 6.78. The quantitative estimate of drug-likeness (QED) is 0.471. The Morgan fingerprint density at radius 3 is 2.71 bits per heavy atom. The SMILES string of the molecule is Cn1cnc2cc(-c3cccc4cc(C(=O)N5CCC(F)(F)CC5)sc34)cnc2c1=O. The minimum absolute atomic E-state index is 0.0577. The van der Waals surface area contributed by atoms with E-state index in [0.717, 1.165) is 21.2 Å². The smallest absolute Gasteiger partial charge is 0.279 e. The fourth-order valence-corrected chi connectivity index (χ4v) is 4.98. The van der Waals surface area contributed by atoms with Crippen LogP contribution in [0.5, 0.6) is 0 Å². The van der Waals surface area contributed by atoms with E-state index in [4.69, 9.17) is 0 Å². The number of aryl methyl sites for hydroxylation is 1. The van der Waals surface area contributed by atoms with E-state index in [1.807, 2.05) is 24.3 Å². The molecule has 0 saturated carbocycles. The second-order valence-corrected chi connectivity index (χ2v) is 8.79. The van der Waals surface area contributed by atoms with Crippen LogP contribution in [0, 0.1) is 0 Å². The van der Waals surface area contributed by atoms with E-state index >= 15 is 0 Å². The molecular formula is C22H18F2N4O2S. The number of fused-ring (bicyclic) bond motifs is 2. The van der Waals surface area contributed by atoms with Crippen LogP contribution in [0.4, 0.5) is 8.78 Å². The third-order valence-electron chi connectivity index (χ3n) is 5.61. The Morgan fingerprint density at radius 2 is 1.94 bits per heavy atom. The van der Waals surface area contributed by atoms with Gasteiger partial charge in [-0.3, -0.25) is 9.59 Å². The number of benzene rings is 1. The van der Waals surface area contributed by atoms with Gasteiger partial charge in [0.2, 0.25) is 0 Å². The van der Waals surface area contributed by atoms with Crippen LogP contribution in [0.2, 0.25) is 0 Å². The molecule has 0 unspecified atom stereocenters. The molecule has 0 aliphatic carbocycles. The number of hydrogen-bond acceptors (Lipinski definition) is 5. The molecule has 158 valence electrons. The van der Waals surface area contributed by atoms with Gasteiger partial charge in [-0.05, 0) is 17.5 Å². The summed E-state index contributed by atoms with van der Waals surface area (Å²) in [5, 5.41) is 0.894. The molecule has 6 nitrogen and oxygen atoms in total. The zero-order valence-corrected chi connectivity index (χ0v) is 17.5. The van der Waals surface area contributed by atoms with Gasteiger partial charge in [0, 0.05) is 55.0 Å². The topological polar surface area (TPSA) is 68.1 Å². The van der Waals surface area contributed by atoms with Crippen molar-refractivity contribution in [1.29, 1.82) is 0 Å². The number of likely N-dealkylation sites (tertiary alicyclic amines) is 1. The molecule has 0 bridgehead atoms. The number of amides is 1. The molecule has 1 fully saturated rings. The number of halogens is 2. The van der Waals surface area contributed by atoms with Crippen molar-refractivity contribution in [3.05, 3.63) is 58.1 Å². The van der Waals surface area contributed by atoms with Gasteiger partial charge in [-0.15, -0.1) is 11.3 Å². The summed E-state index contributed by atoms with van der Waals surface area (Å²) in [7, 11) is 1.62. The summed E-state index contributed by atoms with van der Waals surface area (Å²) >= 11 is 1.34. The van der Waals surface area contributed by atoms with Crippen molar-refractivity contribution < 1.29 is 13.6 Å². The second kappa shape index (κ2) is 7.19. The van der Waals surface area contributed by atoms with Crippen LogP contribution < -0.4 is 5.56 Å². The zero-order chi connectivity index (χ0) is 21.8. The molecule has 3 aromatic heterocycles. The number of piperidine rings is 1. The highest BCUT2D eigenvalue weighted by Gasteiger charge is 2.36. The van der Waals surface area contributed by atoms with Crippen LogP contribution in [0.25, 0.3) is 32.2 Å². The molecular weight excluding hydrogens is 422 g/mol. The molecule has 1 aliphatic heterocycles. The number of thiophene rings is 1. The molecule has 9 heteroatoms. The summed E-state index contributed by atoms with van der Waals surface area (Å²) in [6.07, 6.45) is 2.49. The summed E-state index contributed by atoms with van der Waals surface area (Å²) < 4.78 is 29.2. The summed E-state index contributed by atoms with van der Waals surface area (Å²) in [5.74, 6) is -2.91. The third kappa shape index (κ3) is 3.48. The molecule has 1 aromatic carbocycles. The summed E-state index contributed by atoms with van der Waals surface area (Å²) in [4.78, 5) is 35.8. The van der Waals surface area contributed by atoms with Gasteiger partial charge in [-0.25, -0.2) is 18.7 Å². The molecule has 31 heavy (non-hydrogen) atoms. The lowest BCUT2D eigenvalue weighted by atomic mass is 10.0. The average molecular weight is 440 g/mol. The van der Waals surface area contributed by atoms with E-state index in [0.29, 0.717) is 15.9 Å². The van der Waals surface area contributed by atoms with Crippen LogP contribution in [0.1, 0.15) is 22.5 Å². The maximum atomic E-state index is 13.4. The van der Waals surface area contributed by atoms with Crippen LogP contribution in [-0.4, -0.2) is 44.4 Å². The van der Waals surface area contributed by atoms with Gasteiger partial charge in [-0.1, -0.05) is 18.2 Å². The fraction of sp³-hybridized carbons (Fsp3) is 0.273. The predicted molar refractivity (Wildman–Crippen MR) is 116 cm³/mol. The summed E-state index contributed by atoms with van der Waals surface area (Å²) in [6, 6.07) is 9.35. The molecule has 5 rings (SSSR count). The van der Waals surface area contributed by atoms with Crippen molar-refractivity contribution in [3.8, 4) is 11.1 Å². The first-order valence-electron chi connectivity index (χ1n) is 9.84. The van der Waals surface area contributed by atoms with E-state index in [2.05, 4.69) is 9.97 Å². The highest BCUT2D eigenvalue weighted by atomic mass is 32.1. The number of pyridine rings is 1. The summed E-state index contributed by atoms with van der Waals surface area (Å²) in [5.41, 5.74) is 2.25. The molecule has 4 heterocycles. The van der Waals surface area contributed by atoms with Gasteiger partial charge in [0.25, 0.3) is 17.4 Å². The monoisotopic (exact) mass is 440 g/mol. The van der Waals surface area contributed by atoms with Crippen molar-refractivity contribution >= 4 is 38.4 Å². The molecule has 1 amide bonds. The Balaban J connectivity index is 1.53. The Labute approximate surface area is 179 Å². The van der Waals surface area contributed by atoms with E-state index < -0.39 is 5.92 Å². The molecule has 0 radical (unpaired) electrons. The van der Waals surface area contributed by atoms with Gasteiger partial charge in [0.05, 0.1) is 16.7 Å². The van der Waals surface area contributed by atoms with Gasteiger partial charge < -0.3 is 9.47 Å². The number of rotatable bonds is 2. The number of nitrogens with zero attached hydrogens (tertiary/aromatic N) is 4. The van der Waals surface area contributed by atoms with E-state index in [9.17, 15) is 18.4 Å². The lowest BCUT2D eigenvalue weighted by Crippen LogP contribution is -2.42. The second-order valence-electron chi connectivity index (χ2n) is 7.74. The molecule has 1 aliphatic rings. The highest BCUT2D eigenvalue weighted by molar-refractivity contribution is 7.21. The molecule has 4 aromatic rings. The van der Waals surface area contributed by atoms with E-state index in [1.165, 1.54) is 27.1 Å². The normalized spacial score (nSPS) is 16.2. The van der Waals surface area contributed by atoms with Crippen molar-refractivity contribution in [1.82, 2.24) is 19.4 Å². The number of hydrogen-bond donors (Lipinski definition) is 0. The minimum Gasteiger partial charge on any atom is -0.338 e. The summed E-state index contributed by atoms with van der Waals surface area (Å²) in [6.45, 7) is 0.115. The Morgan fingerprint density at radius 1 is 1.16 bits per heavy atom. The fourth-order valence-electron chi connectivity index (χ4n) is 3.82. The molecule has 0 N–H and O–H groups in total. The Hall–Kier alpha value is -3.20. The number of alkyl halides is 2. The van der Waals surface area contributed by atoms with Gasteiger partial charge in [-0.2, -0.15) is 0 Å². The standard InChI is InChI=1S/C22H18F2N4O2S/c1-27-12-26-16-9-14(11-25-18(16)21(27)30)15-4-2-3-13-10-17(31-19(13)15)20(29)28-7-5-22(23,24)6-8-28/h2-4,9-12H,5-8H2,1H3. The maximum Gasteiger partial charge on any atom is 0.279 e. The number of carbonyl (C=O) groups is 1. The first-order valence-corrected chi connectivity index (χ1v) is 10.7. The molecule has 0 atom stereocenters. The number of carbonyl (C=O) groups excluding carboxylic acids is 1. The first-order chi connectivity index (χ1) is 14.8. The van der Waals surface area contributed by atoms with Crippen LogP contribution in [-0.2, 0) is 7.05 Å². The Bertz CT molecular complexity index is 1390. The predicted octanol–water partition coefficient (Wildman–Crippen LogP) is 4.08. The van der Waals surface area contributed by atoms with Crippen molar-refractivity contribution in [2.75, 3.05) is 13.1 Å². The average Bonchev–Trinajstić information content (AvgIpc) is 3.20. The van der Waals surface area contributed by atoms with Crippen LogP contribution >= 0.6 is 11.3 Å². The first kappa shape index (κ1) is 19.7. The van der Waals surface area contributed by atoms with Crippen molar-refractivity contribution in [3.63, 3.8) is 0 Å². The molecule has 0 spiro atoms. The largest absolute Gasteiger partial charge is 0.338 e. The van der Waals surface area contributed by atoms with Crippen LogP contribution in [0.15, 0.2) is 47.7 Å². The van der Waals surface area contributed by atoms with E-state index in [-0.39, 0.29) is 37.4 Å². The molecule has 1 saturated heterocycles. The van der Waals surface area contributed by atoms with Crippen molar-refractivity contribution in [2.24, 2.45) is 7.05 Å². The van der Waals surface area contributed by atoms with Gasteiger partial charge >= 0.3 is 0 Å². The zero-order valence-electron chi connectivity index (χ0n) is 16.6. The van der Waals surface area contributed by atoms with Crippen LogP contribution in [0.3, 0.4) is 0 Å². The Kier molecular flexibility index (Phi) is 4.58. The lowest BCUT2D eigenvalue weighted by Gasteiger charge is -2.31.